The summed E-state index contributed by atoms with van der Waals surface area (Å²) in [5, 5.41) is 22.0. The SMILES string of the molecule is OCc1occc1-c1nn[nH]n1. The maximum atomic E-state index is 8.83. The quantitative estimate of drug-likeness (QED) is 0.653. The number of nitrogens with one attached hydrogen (secondary N) is 1. The van der Waals surface area contributed by atoms with E-state index in [9.17, 15) is 0 Å². The molecule has 0 atom stereocenters. The first-order valence-electron chi connectivity index (χ1n) is 3.33. The van der Waals surface area contributed by atoms with Gasteiger partial charge in [-0.1, -0.05) is 0 Å². The van der Waals surface area contributed by atoms with Crippen LogP contribution in [0.3, 0.4) is 0 Å². The summed E-state index contributed by atoms with van der Waals surface area (Å²) < 4.78 is 4.97. The van der Waals surface area contributed by atoms with Gasteiger partial charge in [-0.15, -0.1) is 10.2 Å². The second-order valence-corrected chi connectivity index (χ2v) is 2.15. The van der Waals surface area contributed by atoms with Crippen LogP contribution in [0.5, 0.6) is 0 Å². The zero-order valence-corrected chi connectivity index (χ0v) is 6.06. The molecule has 0 amide bonds. The Kier molecular flexibility index (Phi) is 1.60. The predicted octanol–water partition coefficient (Wildman–Crippen LogP) is -0.0480. The van der Waals surface area contributed by atoms with Crippen molar-refractivity contribution in [1.29, 1.82) is 0 Å². The van der Waals surface area contributed by atoms with Crippen molar-refractivity contribution in [1.82, 2.24) is 20.6 Å². The molecule has 0 unspecified atom stereocenters. The molecule has 0 spiro atoms. The van der Waals surface area contributed by atoms with E-state index in [4.69, 9.17) is 9.52 Å². The van der Waals surface area contributed by atoms with Gasteiger partial charge in [0.05, 0.1) is 11.8 Å². The van der Waals surface area contributed by atoms with E-state index in [1.54, 1.807) is 6.07 Å². The van der Waals surface area contributed by atoms with Crippen molar-refractivity contribution < 1.29 is 9.52 Å². The maximum Gasteiger partial charge on any atom is 0.208 e. The number of aromatic amines is 1. The van der Waals surface area contributed by atoms with E-state index in [1.807, 2.05) is 0 Å². The first-order valence-corrected chi connectivity index (χ1v) is 3.33. The van der Waals surface area contributed by atoms with Crippen LogP contribution in [0.15, 0.2) is 16.7 Å². The molecular weight excluding hydrogens is 160 g/mol. The van der Waals surface area contributed by atoms with Crippen molar-refractivity contribution in [3.05, 3.63) is 18.1 Å². The average Bonchev–Trinajstić information content (AvgIpc) is 2.74. The third-order valence-electron chi connectivity index (χ3n) is 1.48. The first-order chi connectivity index (χ1) is 5.92. The molecule has 0 aliphatic heterocycles. The van der Waals surface area contributed by atoms with Crippen LogP contribution in [0.4, 0.5) is 0 Å². The number of furan rings is 1. The molecule has 62 valence electrons. The van der Waals surface area contributed by atoms with Gasteiger partial charge in [0.25, 0.3) is 0 Å². The van der Waals surface area contributed by atoms with Gasteiger partial charge in [-0.2, -0.15) is 5.21 Å². The van der Waals surface area contributed by atoms with Gasteiger partial charge in [0.2, 0.25) is 5.82 Å². The molecule has 2 heterocycles. The molecule has 2 N–H and O–H groups in total. The minimum Gasteiger partial charge on any atom is -0.466 e. The number of nitrogens with zero attached hydrogens (tertiary/aromatic N) is 3. The minimum absolute atomic E-state index is 0.170. The second-order valence-electron chi connectivity index (χ2n) is 2.15. The number of aromatic nitrogens is 4. The van der Waals surface area contributed by atoms with Crippen LogP contribution < -0.4 is 0 Å². The van der Waals surface area contributed by atoms with Crippen LogP contribution in [0.25, 0.3) is 11.4 Å². The zero-order chi connectivity index (χ0) is 8.39. The molecule has 2 aromatic rings. The molecule has 0 saturated heterocycles. The minimum atomic E-state index is -0.170. The van der Waals surface area contributed by atoms with Gasteiger partial charge in [0, 0.05) is 0 Å². The number of aliphatic hydroxyl groups is 1. The van der Waals surface area contributed by atoms with Crippen molar-refractivity contribution in [2.75, 3.05) is 0 Å². The number of hydrogen-bond acceptors (Lipinski definition) is 5. The highest BCUT2D eigenvalue weighted by Crippen LogP contribution is 2.19. The van der Waals surface area contributed by atoms with Crippen molar-refractivity contribution >= 4 is 0 Å². The summed E-state index contributed by atoms with van der Waals surface area (Å²) in [5.41, 5.74) is 0.659. The fourth-order valence-electron chi connectivity index (χ4n) is 0.938. The maximum absolute atomic E-state index is 8.83. The summed E-state index contributed by atoms with van der Waals surface area (Å²) in [6.07, 6.45) is 1.47. The highest BCUT2D eigenvalue weighted by Gasteiger charge is 2.10. The number of rotatable bonds is 2. The number of hydrogen-bond donors (Lipinski definition) is 2. The van der Waals surface area contributed by atoms with E-state index in [2.05, 4.69) is 20.6 Å². The molecule has 0 aliphatic rings. The van der Waals surface area contributed by atoms with Gasteiger partial charge in [-0.3, -0.25) is 0 Å². The highest BCUT2D eigenvalue weighted by molar-refractivity contribution is 5.55. The highest BCUT2D eigenvalue weighted by atomic mass is 16.4. The number of H-pyrrole nitrogens is 1. The molecule has 0 bridgehead atoms. The van der Waals surface area contributed by atoms with Crippen molar-refractivity contribution in [3.8, 4) is 11.4 Å². The summed E-state index contributed by atoms with van der Waals surface area (Å²) in [6.45, 7) is -0.170. The Morgan fingerprint density at radius 1 is 1.58 bits per heavy atom. The lowest BCUT2D eigenvalue weighted by Gasteiger charge is -1.90. The third-order valence-corrected chi connectivity index (χ3v) is 1.48. The largest absolute Gasteiger partial charge is 0.466 e. The van der Waals surface area contributed by atoms with Crippen molar-refractivity contribution in [2.24, 2.45) is 0 Å². The second kappa shape index (κ2) is 2.74. The van der Waals surface area contributed by atoms with Crippen LogP contribution in [0, 0.1) is 0 Å². The molecule has 0 radical (unpaired) electrons. The molecule has 0 fully saturated rings. The van der Waals surface area contributed by atoms with Crippen LogP contribution >= 0.6 is 0 Å². The Bertz CT molecular complexity index is 353. The molecule has 6 heteroatoms. The summed E-state index contributed by atoms with van der Waals surface area (Å²) in [4.78, 5) is 0. The average molecular weight is 166 g/mol. The van der Waals surface area contributed by atoms with E-state index in [-0.39, 0.29) is 6.61 Å². The Labute approximate surface area is 67.2 Å². The predicted molar refractivity (Wildman–Crippen MR) is 37.8 cm³/mol. The van der Waals surface area contributed by atoms with Gasteiger partial charge < -0.3 is 9.52 Å². The molecule has 0 aromatic carbocycles. The van der Waals surface area contributed by atoms with Gasteiger partial charge >= 0.3 is 0 Å². The molecular formula is C6H6N4O2. The summed E-state index contributed by atoms with van der Waals surface area (Å²) >= 11 is 0. The van der Waals surface area contributed by atoms with E-state index in [1.165, 1.54) is 6.26 Å². The van der Waals surface area contributed by atoms with E-state index < -0.39 is 0 Å². The molecule has 12 heavy (non-hydrogen) atoms. The normalized spacial score (nSPS) is 10.4. The molecule has 2 aromatic heterocycles. The Morgan fingerprint density at radius 2 is 2.50 bits per heavy atom. The van der Waals surface area contributed by atoms with Gasteiger partial charge in [0.1, 0.15) is 12.4 Å². The fraction of sp³-hybridized carbons (Fsp3) is 0.167. The lowest BCUT2D eigenvalue weighted by atomic mass is 10.2. The van der Waals surface area contributed by atoms with Gasteiger partial charge in [-0.25, -0.2) is 0 Å². The Morgan fingerprint density at radius 3 is 3.17 bits per heavy atom. The Hall–Kier alpha value is -1.69. The van der Waals surface area contributed by atoms with Crippen LogP contribution in [0.2, 0.25) is 0 Å². The first kappa shape index (κ1) is 6.99. The number of tetrazole rings is 1. The summed E-state index contributed by atoms with van der Waals surface area (Å²) in [6, 6.07) is 1.68. The van der Waals surface area contributed by atoms with Crippen molar-refractivity contribution in [3.63, 3.8) is 0 Å². The number of aliphatic hydroxyl groups excluding tert-OH is 1. The van der Waals surface area contributed by atoms with E-state index in [0.29, 0.717) is 17.1 Å². The zero-order valence-electron chi connectivity index (χ0n) is 6.06. The smallest absolute Gasteiger partial charge is 0.208 e. The molecule has 2 rings (SSSR count). The topological polar surface area (TPSA) is 87.8 Å². The van der Waals surface area contributed by atoms with E-state index in [0.717, 1.165) is 0 Å². The van der Waals surface area contributed by atoms with Gasteiger partial charge in [0.15, 0.2) is 0 Å². The summed E-state index contributed by atoms with van der Waals surface area (Å²) in [7, 11) is 0. The van der Waals surface area contributed by atoms with Crippen LogP contribution in [-0.2, 0) is 6.61 Å². The molecule has 0 aliphatic carbocycles. The monoisotopic (exact) mass is 166 g/mol. The lowest BCUT2D eigenvalue weighted by Crippen LogP contribution is -1.85. The van der Waals surface area contributed by atoms with E-state index >= 15 is 0 Å². The third kappa shape index (κ3) is 0.978. The lowest BCUT2D eigenvalue weighted by molar-refractivity contribution is 0.248. The molecule has 0 saturated carbocycles. The summed E-state index contributed by atoms with van der Waals surface area (Å²) in [5.74, 6) is 0.865. The Balaban J connectivity index is 2.46. The standard InChI is InChI=1S/C6H6N4O2/c11-3-5-4(1-2-12-5)6-7-9-10-8-6/h1-2,11H,3H2,(H,7,8,9,10). The molecule has 6 nitrogen and oxygen atoms in total. The fourth-order valence-corrected chi connectivity index (χ4v) is 0.938. The van der Waals surface area contributed by atoms with Crippen LogP contribution in [0.1, 0.15) is 5.76 Å². The van der Waals surface area contributed by atoms with Crippen molar-refractivity contribution in [2.45, 2.75) is 6.61 Å². The van der Waals surface area contributed by atoms with Crippen LogP contribution in [-0.4, -0.2) is 25.7 Å². The van der Waals surface area contributed by atoms with Gasteiger partial charge in [-0.05, 0) is 11.3 Å².